The molecule has 6 nitrogen and oxygen atoms in total. The Morgan fingerprint density at radius 3 is 2.84 bits per heavy atom. The highest BCUT2D eigenvalue weighted by Crippen LogP contribution is 2.40. The van der Waals surface area contributed by atoms with Gasteiger partial charge >= 0.3 is 0 Å². The Morgan fingerprint density at radius 1 is 1.23 bits per heavy atom. The number of nitrogens with zero attached hydrogens (tertiary/aromatic N) is 5. The Hall–Kier alpha value is -1.67. The number of hydrogen-bond acceptors (Lipinski definition) is 6. The third-order valence-electron chi connectivity index (χ3n) is 6.65. The van der Waals surface area contributed by atoms with Crippen molar-refractivity contribution in [1.82, 2.24) is 24.5 Å². The van der Waals surface area contributed by atoms with Crippen LogP contribution in [-0.4, -0.2) is 49.2 Å². The first-order chi connectivity index (χ1) is 14.9. The molecule has 2 atom stereocenters. The summed E-state index contributed by atoms with van der Waals surface area (Å²) < 4.78 is 2.12. The molecule has 0 unspecified atom stereocenters. The molecule has 0 N–H and O–H groups in total. The van der Waals surface area contributed by atoms with Crippen molar-refractivity contribution in [2.75, 3.05) is 18.8 Å². The molecule has 0 spiro atoms. The first kappa shape index (κ1) is 21.2. The lowest BCUT2D eigenvalue weighted by Gasteiger charge is -2.30. The number of rotatable bonds is 4. The number of fused-ring (bicyclic) bond motifs is 5. The van der Waals surface area contributed by atoms with Gasteiger partial charge in [-0.05, 0) is 49.5 Å². The second-order valence-corrected chi connectivity index (χ2v) is 11.7. The Bertz CT molecular complexity index is 1130. The zero-order valence-electron chi connectivity index (χ0n) is 18.8. The van der Waals surface area contributed by atoms with Crippen molar-refractivity contribution in [3.05, 3.63) is 16.3 Å². The summed E-state index contributed by atoms with van der Waals surface area (Å²) in [5.41, 5.74) is 2.34. The van der Waals surface area contributed by atoms with E-state index in [0.29, 0.717) is 11.7 Å². The SMILES string of the molecule is CC(C)c1nc2sc3c(c2c2nnc(SCC(=O)N4CCC[C@H](C)C4)n12)CC[C@@H](C)C3. The van der Waals surface area contributed by atoms with Crippen LogP contribution in [0.25, 0.3) is 15.9 Å². The maximum absolute atomic E-state index is 12.8. The normalized spacial score (nSPS) is 21.9. The van der Waals surface area contributed by atoms with Gasteiger partial charge in [0.25, 0.3) is 0 Å². The maximum Gasteiger partial charge on any atom is 0.233 e. The van der Waals surface area contributed by atoms with Gasteiger partial charge in [-0.15, -0.1) is 21.5 Å². The lowest BCUT2D eigenvalue weighted by atomic mass is 9.89. The fourth-order valence-corrected chi connectivity index (χ4v) is 7.18. The highest BCUT2D eigenvalue weighted by molar-refractivity contribution is 7.99. The van der Waals surface area contributed by atoms with Crippen LogP contribution < -0.4 is 0 Å². The van der Waals surface area contributed by atoms with Gasteiger partial charge in [-0.3, -0.25) is 9.20 Å². The third kappa shape index (κ3) is 3.86. The van der Waals surface area contributed by atoms with Crippen molar-refractivity contribution < 1.29 is 4.79 Å². The zero-order valence-corrected chi connectivity index (χ0v) is 20.5. The van der Waals surface area contributed by atoms with Gasteiger partial charge < -0.3 is 4.90 Å². The highest BCUT2D eigenvalue weighted by Gasteiger charge is 2.27. The summed E-state index contributed by atoms with van der Waals surface area (Å²) in [4.78, 5) is 22.5. The molecule has 1 fully saturated rings. The molecule has 3 aromatic heterocycles. The van der Waals surface area contributed by atoms with Crippen LogP contribution in [0, 0.1) is 11.8 Å². The number of amides is 1. The Balaban J connectivity index is 1.51. The van der Waals surface area contributed by atoms with E-state index in [0.717, 1.165) is 59.7 Å². The number of aromatic nitrogens is 4. The van der Waals surface area contributed by atoms with Gasteiger partial charge in [0.1, 0.15) is 10.7 Å². The molecular weight excluding hydrogens is 426 g/mol. The van der Waals surface area contributed by atoms with Crippen molar-refractivity contribution in [3.8, 4) is 0 Å². The molecule has 166 valence electrons. The van der Waals surface area contributed by atoms with Crippen LogP contribution in [0.4, 0.5) is 0 Å². The van der Waals surface area contributed by atoms with Crippen LogP contribution in [0.15, 0.2) is 5.16 Å². The molecule has 31 heavy (non-hydrogen) atoms. The monoisotopic (exact) mass is 457 g/mol. The van der Waals surface area contributed by atoms with Crippen molar-refractivity contribution in [1.29, 1.82) is 0 Å². The fraction of sp³-hybridized carbons (Fsp3) is 0.652. The summed E-state index contributed by atoms with van der Waals surface area (Å²) in [6.07, 6.45) is 5.77. The van der Waals surface area contributed by atoms with Crippen molar-refractivity contribution in [2.24, 2.45) is 11.8 Å². The Labute approximate surface area is 191 Å². The number of thioether (sulfide) groups is 1. The quantitative estimate of drug-likeness (QED) is 0.519. The molecule has 0 saturated carbocycles. The van der Waals surface area contributed by atoms with E-state index >= 15 is 0 Å². The smallest absolute Gasteiger partial charge is 0.233 e. The van der Waals surface area contributed by atoms with Crippen LogP contribution in [-0.2, 0) is 17.6 Å². The van der Waals surface area contributed by atoms with Crippen LogP contribution in [0.3, 0.4) is 0 Å². The molecule has 2 aliphatic rings. The number of thiophene rings is 1. The number of hydrogen-bond donors (Lipinski definition) is 0. The van der Waals surface area contributed by atoms with Crippen molar-refractivity contribution in [3.63, 3.8) is 0 Å². The molecule has 4 heterocycles. The van der Waals surface area contributed by atoms with E-state index < -0.39 is 0 Å². The van der Waals surface area contributed by atoms with Gasteiger partial charge in [0.2, 0.25) is 5.91 Å². The minimum Gasteiger partial charge on any atom is -0.342 e. The molecule has 1 aliphatic heterocycles. The Kier molecular flexibility index (Phi) is 5.71. The average molecular weight is 458 g/mol. The molecular formula is C23H31N5OS2. The van der Waals surface area contributed by atoms with E-state index in [1.165, 1.54) is 40.4 Å². The van der Waals surface area contributed by atoms with Gasteiger partial charge in [-0.25, -0.2) is 4.98 Å². The second-order valence-electron chi connectivity index (χ2n) is 9.67. The molecule has 5 rings (SSSR count). The minimum atomic E-state index is 0.204. The van der Waals surface area contributed by atoms with Crippen LogP contribution in [0.2, 0.25) is 0 Å². The van der Waals surface area contributed by atoms with Gasteiger partial charge in [0, 0.05) is 23.9 Å². The zero-order chi connectivity index (χ0) is 21.7. The minimum absolute atomic E-state index is 0.204. The summed E-state index contributed by atoms with van der Waals surface area (Å²) >= 11 is 3.34. The van der Waals surface area contributed by atoms with Gasteiger partial charge in [-0.2, -0.15) is 0 Å². The van der Waals surface area contributed by atoms with Crippen LogP contribution in [0.5, 0.6) is 0 Å². The molecule has 1 saturated heterocycles. The molecule has 8 heteroatoms. The summed E-state index contributed by atoms with van der Waals surface area (Å²) in [5.74, 6) is 3.17. The standard InChI is InChI=1S/C23H31N5OS2/c1-13(2)20-24-22-19(16-8-7-14(3)10-17(16)31-22)21-25-26-23(28(20)21)30-12-18(29)27-9-5-6-15(4)11-27/h13-15H,5-12H2,1-4H3/t14-,15+/m1/s1. The van der Waals surface area contributed by atoms with E-state index in [-0.39, 0.29) is 11.8 Å². The number of likely N-dealkylation sites (tertiary alicyclic amines) is 1. The predicted molar refractivity (Wildman–Crippen MR) is 127 cm³/mol. The molecule has 0 bridgehead atoms. The number of carbonyl (C=O) groups is 1. The van der Waals surface area contributed by atoms with E-state index in [4.69, 9.17) is 4.98 Å². The number of aryl methyl sites for hydroxylation is 1. The van der Waals surface area contributed by atoms with Crippen molar-refractivity contribution >= 4 is 44.9 Å². The summed E-state index contributed by atoms with van der Waals surface area (Å²) in [5, 5.41) is 11.1. The van der Waals surface area contributed by atoms with E-state index in [1.807, 2.05) is 16.2 Å². The van der Waals surface area contributed by atoms with E-state index in [1.54, 1.807) is 0 Å². The summed E-state index contributed by atoms with van der Waals surface area (Å²) in [7, 11) is 0. The van der Waals surface area contributed by atoms with Crippen molar-refractivity contribution in [2.45, 2.75) is 70.9 Å². The Morgan fingerprint density at radius 2 is 2.06 bits per heavy atom. The topological polar surface area (TPSA) is 63.4 Å². The predicted octanol–water partition coefficient (Wildman–Crippen LogP) is 4.94. The van der Waals surface area contributed by atoms with Gasteiger partial charge in [-0.1, -0.05) is 39.5 Å². The molecule has 3 aromatic rings. The highest BCUT2D eigenvalue weighted by atomic mass is 32.2. The number of piperidine rings is 1. The number of carbonyl (C=O) groups excluding carboxylic acids is 1. The molecule has 1 amide bonds. The van der Waals surface area contributed by atoms with Crippen LogP contribution in [0.1, 0.15) is 69.1 Å². The third-order valence-corrected chi connectivity index (χ3v) is 8.71. The lowest BCUT2D eigenvalue weighted by Crippen LogP contribution is -2.40. The van der Waals surface area contributed by atoms with E-state index in [9.17, 15) is 4.79 Å². The second kappa shape index (κ2) is 8.35. The largest absolute Gasteiger partial charge is 0.342 e. The maximum atomic E-state index is 12.8. The molecule has 0 radical (unpaired) electrons. The molecule has 1 aliphatic carbocycles. The lowest BCUT2D eigenvalue weighted by molar-refractivity contribution is -0.130. The van der Waals surface area contributed by atoms with E-state index in [2.05, 4.69) is 42.3 Å². The van der Waals surface area contributed by atoms with Gasteiger partial charge in [0.15, 0.2) is 10.8 Å². The summed E-state index contributed by atoms with van der Waals surface area (Å²) in [6.45, 7) is 10.6. The average Bonchev–Trinajstić information content (AvgIpc) is 3.31. The van der Waals surface area contributed by atoms with Gasteiger partial charge in [0.05, 0.1) is 11.1 Å². The fourth-order valence-electron chi connectivity index (χ4n) is 4.95. The summed E-state index contributed by atoms with van der Waals surface area (Å²) in [6, 6.07) is 0. The van der Waals surface area contributed by atoms with Crippen LogP contribution >= 0.6 is 23.1 Å². The first-order valence-corrected chi connectivity index (χ1v) is 13.3. The molecule has 0 aromatic carbocycles. The first-order valence-electron chi connectivity index (χ1n) is 11.5.